The number of ether oxygens (including phenoxy) is 2. The summed E-state index contributed by atoms with van der Waals surface area (Å²) in [6, 6.07) is 15.5. The summed E-state index contributed by atoms with van der Waals surface area (Å²) < 4.78 is 16.9. The summed E-state index contributed by atoms with van der Waals surface area (Å²) in [5.41, 5.74) is 2.51. The molecule has 0 aliphatic heterocycles. The molecule has 1 unspecified atom stereocenters. The zero-order valence-corrected chi connectivity index (χ0v) is 23.9. The van der Waals surface area contributed by atoms with Crippen molar-refractivity contribution in [1.82, 2.24) is 0 Å². The van der Waals surface area contributed by atoms with E-state index in [-0.39, 0.29) is 30.0 Å². The molecule has 8 nitrogen and oxygen atoms in total. The Morgan fingerprint density at radius 3 is 2.39 bits per heavy atom. The lowest BCUT2D eigenvalue weighted by atomic mass is 9.82. The minimum atomic E-state index is -1.14. The Labute approximate surface area is 239 Å². The first kappa shape index (κ1) is 28.6. The van der Waals surface area contributed by atoms with Gasteiger partial charge in [-0.1, -0.05) is 31.2 Å². The molecule has 1 saturated carbocycles. The number of hydrogen-bond acceptors (Lipinski definition) is 6. The third kappa shape index (κ3) is 5.54. The van der Waals surface area contributed by atoms with Crippen LogP contribution in [0.2, 0.25) is 0 Å². The minimum Gasteiger partial charge on any atom is -0.496 e. The minimum absolute atomic E-state index is 0.00804. The van der Waals surface area contributed by atoms with Crippen molar-refractivity contribution in [2.24, 2.45) is 11.8 Å². The Morgan fingerprint density at radius 1 is 1.00 bits per heavy atom. The van der Waals surface area contributed by atoms with Crippen LogP contribution in [0.4, 0.5) is 5.69 Å². The summed E-state index contributed by atoms with van der Waals surface area (Å²) in [5, 5.41) is 22.8. The second-order valence-corrected chi connectivity index (χ2v) is 11.1. The van der Waals surface area contributed by atoms with E-state index in [0.29, 0.717) is 50.4 Å². The van der Waals surface area contributed by atoms with Crippen molar-refractivity contribution in [2.45, 2.75) is 51.7 Å². The predicted molar refractivity (Wildman–Crippen MR) is 158 cm³/mol. The van der Waals surface area contributed by atoms with E-state index >= 15 is 0 Å². The highest BCUT2D eigenvalue weighted by atomic mass is 16.5. The number of hydrogen-bond donors (Lipinski definition) is 2. The lowest BCUT2D eigenvalue weighted by Gasteiger charge is -2.35. The zero-order valence-electron chi connectivity index (χ0n) is 23.9. The molecule has 1 amide bonds. The number of carboxylic acids is 1. The fourth-order valence-corrected chi connectivity index (χ4v) is 6.03. The van der Waals surface area contributed by atoms with Crippen LogP contribution >= 0.6 is 0 Å². The van der Waals surface area contributed by atoms with Gasteiger partial charge in [-0.25, -0.2) is 4.79 Å². The van der Waals surface area contributed by atoms with Crippen molar-refractivity contribution >= 4 is 39.5 Å². The molecule has 5 rings (SSSR count). The molecule has 1 aromatic heterocycles. The van der Waals surface area contributed by atoms with Crippen molar-refractivity contribution < 1.29 is 33.7 Å². The number of methoxy groups -OCH3 is 2. The molecule has 4 aromatic rings. The molecule has 0 spiro atoms. The van der Waals surface area contributed by atoms with Crippen molar-refractivity contribution in [2.75, 3.05) is 25.7 Å². The summed E-state index contributed by atoms with van der Waals surface area (Å²) in [7, 11) is 3.13. The molecule has 1 fully saturated rings. The van der Waals surface area contributed by atoms with Crippen molar-refractivity contribution in [3.8, 4) is 5.75 Å². The van der Waals surface area contributed by atoms with Crippen LogP contribution in [0, 0.1) is 11.8 Å². The number of rotatable bonds is 9. The first-order chi connectivity index (χ1) is 19.7. The van der Waals surface area contributed by atoms with E-state index in [1.165, 1.54) is 6.07 Å². The van der Waals surface area contributed by atoms with Gasteiger partial charge in [0.05, 0.1) is 31.0 Å². The molecular formula is C33H37NO7. The second-order valence-electron chi connectivity index (χ2n) is 11.1. The van der Waals surface area contributed by atoms with Crippen LogP contribution < -0.4 is 9.64 Å². The number of carbonyl (C=O) groups is 2. The number of amides is 1. The molecule has 2 N–H and O–H groups in total. The summed E-state index contributed by atoms with van der Waals surface area (Å²) in [5.74, 6) is -0.249. The average molecular weight is 560 g/mol. The number of aliphatic hydroxyl groups is 1. The van der Waals surface area contributed by atoms with E-state index in [9.17, 15) is 19.8 Å². The van der Waals surface area contributed by atoms with Gasteiger partial charge < -0.3 is 29.0 Å². The van der Waals surface area contributed by atoms with Crippen molar-refractivity contribution in [1.29, 1.82) is 0 Å². The van der Waals surface area contributed by atoms with Gasteiger partial charge in [-0.3, -0.25) is 4.79 Å². The molecule has 2 atom stereocenters. The lowest BCUT2D eigenvalue weighted by molar-refractivity contribution is -0.124. The number of fused-ring (bicyclic) bond motifs is 3. The largest absolute Gasteiger partial charge is 0.496 e. The standard InChI is InChI=1S/C33H37NO7/c1-19-9-11-21(12-10-19)32(36)34(20(2)18-39-3)27-16-25-24-15-22(31(35)23-7-5-6-8-28(23)40-4)13-14-29(24)41-30(25)17-26(27)33(37)38/h5-8,13-17,19-21,31,35H,9-12,18H2,1-4H3,(H,37,38)/t19-,20-,21-,31?/m0/s1. The van der Waals surface area contributed by atoms with E-state index in [1.54, 1.807) is 43.4 Å². The maximum Gasteiger partial charge on any atom is 0.337 e. The Kier molecular flexibility index (Phi) is 8.33. The molecular weight excluding hydrogens is 522 g/mol. The van der Waals surface area contributed by atoms with Gasteiger partial charge >= 0.3 is 5.97 Å². The smallest absolute Gasteiger partial charge is 0.337 e. The molecule has 8 heteroatoms. The van der Waals surface area contributed by atoms with Crippen LogP contribution in [0.5, 0.6) is 5.75 Å². The number of nitrogens with zero attached hydrogens (tertiary/aromatic N) is 1. The van der Waals surface area contributed by atoms with E-state index in [1.807, 2.05) is 31.2 Å². The third-order valence-corrected chi connectivity index (χ3v) is 8.30. The highest BCUT2D eigenvalue weighted by Gasteiger charge is 2.34. The van der Waals surface area contributed by atoms with E-state index < -0.39 is 12.1 Å². The Hall–Kier alpha value is -3.88. The number of benzene rings is 3. The second kappa shape index (κ2) is 11.9. The highest BCUT2D eigenvalue weighted by Crippen LogP contribution is 2.39. The van der Waals surface area contributed by atoms with Gasteiger partial charge in [0, 0.05) is 29.4 Å². The van der Waals surface area contributed by atoms with Gasteiger partial charge in [-0.2, -0.15) is 0 Å². The van der Waals surface area contributed by atoms with Gasteiger partial charge in [0.15, 0.2) is 0 Å². The SMILES string of the molecule is COC[C@H](C)N(c1cc2c(cc1C(=O)O)oc1ccc(C(O)c3ccccc3OC)cc12)C(=O)[C@H]1CC[C@H](C)CC1. The molecule has 0 bridgehead atoms. The van der Waals surface area contributed by atoms with Gasteiger partial charge in [0.25, 0.3) is 0 Å². The van der Waals surface area contributed by atoms with Crippen molar-refractivity contribution in [3.63, 3.8) is 0 Å². The summed E-state index contributed by atoms with van der Waals surface area (Å²) >= 11 is 0. The highest BCUT2D eigenvalue weighted by molar-refractivity contribution is 6.12. The summed E-state index contributed by atoms with van der Waals surface area (Å²) in [6.07, 6.45) is 2.54. The normalized spacial score (nSPS) is 18.8. The topological polar surface area (TPSA) is 109 Å². The van der Waals surface area contributed by atoms with Crippen LogP contribution in [0.15, 0.2) is 59.0 Å². The van der Waals surface area contributed by atoms with E-state index in [0.717, 1.165) is 25.7 Å². The molecule has 216 valence electrons. The van der Waals surface area contributed by atoms with E-state index in [2.05, 4.69) is 6.92 Å². The molecule has 41 heavy (non-hydrogen) atoms. The Bertz CT molecular complexity index is 1570. The molecule has 1 heterocycles. The molecule has 1 aliphatic rings. The van der Waals surface area contributed by atoms with Crippen LogP contribution in [0.3, 0.4) is 0 Å². The van der Waals surface area contributed by atoms with Gasteiger partial charge in [-0.15, -0.1) is 0 Å². The van der Waals surface area contributed by atoms with Crippen LogP contribution in [-0.4, -0.2) is 49.0 Å². The molecule has 0 radical (unpaired) electrons. The van der Waals surface area contributed by atoms with Crippen LogP contribution in [-0.2, 0) is 9.53 Å². The summed E-state index contributed by atoms with van der Waals surface area (Å²) in [6.45, 7) is 4.33. The maximum absolute atomic E-state index is 14.0. The van der Waals surface area contributed by atoms with Crippen LogP contribution in [0.1, 0.15) is 67.1 Å². The first-order valence-electron chi connectivity index (χ1n) is 14.1. The number of para-hydroxylation sites is 1. The number of furan rings is 1. The summed E-state index contributed by atoms with van der Waals surface area (Å²) in [4.78, 5) is 28.1. The zero-order chi connectivity index (χ0) is 29.3. The van der Waals surface area contributed by atoms with Gasteiger partial charge in [0.1, 0.15) is 23.0 Å². The van der Waals surface area contributed by atoms with Crippen molar-refractivity contribution in [3.05, 3.63) is 71.3 Å². The molecule has 0 saturated heterocycles. The monoisotopic (exact) mass is 559 g/mol. The molecule has 1 aliphatic carbocycles. The quantitative estimate of drug-likeness (QED) is 0.239. The lowest BCUT2D eigenvalue weighted by Crippen LogP contribution is -2.46. The fraction of sp³-hybridized carbons (Fsp3) is 0.394. The maximum atomic E-state index is 14.0. The number of aromatic carboxylic acids is 1. The predicted octanol–water partition coefficient (Wildman–Crippen LogP) is 6.57. The van der Waals surface area contributed by atoms with E-state index in [4.69, 9.17) is 13.9 Å². The van der Waals surface area contributed by atoms with Crippen LogP contribution in [0.25, 0.3) is 21.9 Å². The first-order valence-corrected chi connectivity index (χ1v) is 14.1. The average Bonchev–Trinajstić information content (AvgIpc) is 3.33. The van der Waals surface area contributed by atoms with Gasteiger partial charge in [-0.05, 0) is 74.4 Å². The number of aliphatic hydroxyl groups excluding tert-OH is 1. The number of carbonyl (C=O) groups excluding carboxylic acids is 1. The Morgan fingerprint density at radius 2 is 1.71 bits per heavy atom. The fourth-order valence-electron chi connectivity index (χ4n) is 6.03. The third-order valence-electron chi connectivity index (χ3n) is 8.30. The molecule has 3 aromatic carbocycles. The number of carboxylic acid groups (broad SMARTS) is 1. The van der Waals surface area contributed by atoms with Gasteiger partial charge in [0.2, 0.25) is 5.91 Å². The Balaban J connectivity index is 1.65. The number of anilines is 1.